The fraction of sp³-hybridized carbons (Fsp3) is 0.444. The standard InChI is InChI=1S/C18H23NO5/c1-5-6-11(2)19-16(20)10-23-18(21)17-12(3)14-9-13(22-4)7-8-15(14)24-17/h7-9,11H,5-6,10H2,1-4H3,(H,19,20). The van der Waals surface area contributed by atoms with Crippen LogP contribution in [0.4, 0.5) is 0 Å². The molecule has 1 atom stereocenters. The molecule has 0 saturated heterocycles. The molecule has 130 valence electrons. The zero-order valence-corrected chi connectivity index (χ0v) is 14.5. The largest absolute Gasteiger partial charge is 0.497 e. The normalized spacial score (nSPS) is 12.0. The monoisotopic (exact) mass is 333 g/mol. The summed E-state index contributed by atoms with van der Waals surface area (Å²) in [5, 5.41) is 3.56. The van der Waals surface area contributed by atoms with Gasteiger partial charge in [-0.3, -0.25) is 4.79 Å². The van der Waals surface area contributed by atoms with Crippen LogP contribution in [0.1, 0.15) is 42.8 Å². The number of carbonyl (C=O) groups is 2. The van der Waals surface area contributed by atoms with Gasteiger partial charge >= 0.3 is 5.97 Å². The van der Waals surface area contributed by atoms with E-state index in [4.69, 9.17) is 13.9 Å². The summed E-state index contributed by atoms with van der Waals surface area (Å²) in [6.07, 6.45) is 1.85. The van der Waals surface area contributed by atoms with Crippen molar-refractivity contribution >= 4 is 22.8 Å². The van der Waals surface area contributed by atoms with Gasteiger partial charge in [0.1, 0.15) is 11.3 Å². The molecule has 0 fully saturated rings. The second-order valence-corrected chi connectivity index (χ2v) is 5.75. The summed E-state index contributed by atoms with van der Waals surface area (Å²) in [5.41, 5.74) is 1.23. The van der Waals surface area contributed by atoms with Crippen molar-refractivity contribution in [3.8, 4) is 5.75 Å². The minimum absolute atomic E-state index is 0.0570. The van der Waals surface area contributed by atoms with Gasteiger partial charge in [0.2, 0.25) is 5.76 Å². The fourth-order valence-electron chi connectivity index (χ4n) is 2.54. The highest BCUT2D eigenvalue weighted by atomic mass is 16.5. The van der Waals surface area contributed by atoms with Crippen LogP contribution in [-0.4, -0.2) is 31.6 Å². The summed E-state index contributed by atoms with van der Waals surface area (Å²) >= 11 is 0. The molecule has 24 heavy (non-hydrogen) atoms. The van der Waals surface area contributed by atoms with Crippen LogP contribution in [-0.2, 0) is 9.53 Å². The molecule has 0 bridgehead atoms. The molecule has 0 saturated carbocycles. The summed E-state index contributed by atoms with van der Waals surface area (Å²) in [6, 6.07) is 5.34. The van der Waals surface area contributed by atoms with Gasteiger partial charge in [0.25, 0.3) is 5.91 Å². The van der Waals surface area contributed by atoms with Crippen molar-refractivity contribution in [1.29, 1.82) is 0 Å². The van der Waals surface area contributed by atoms with Crippen LogP contribution in [0, 0.1) is 6.92 Å². The zero-order chi connectivity index (χ0) is 17.7. The Bertz CT molecular complexity index is 734. The second-order valence-electron chi connectivity index (χ2n) is 5.75. The van der Waals surface area contributed by atoms with Crippen LogP contribution in [0.25, 0.3) is 11.0 Å². The number of methoxy groups -OCH3 is 1. The number of carbonyl (C=O) groups excluding carboxylic acids is 2. The van der Waals surface area contributed by atoms with E-state index in [1.807, 2.05) is 13.8 Å². The lowest BCUT2D eigenvalue weighted by Crippen LogP contribution is -2.35. The Balaban J connectivity index is 2.03. The van der Waals surface area contributed by atoms with E-state index in [9.17, 15) is 9.59 Å². The van der Waals surface area contributed by atoms with E-state index in [0.717, 1.165) is 18.2 Å². The quantitative estimate of drug-likeness (QED) is 0.787. The Morgan fingerprint density at radius 3 is 2.75 bits per heavy atom. The SMILES string of the molecule is CCCC(C)NC(=O)COC(=O)c1oc2ccc(OC)cc2c1C. The van der Waals surface area contributed by atoms with Gasteiger partial charge in [-0.25, -0.2) is 4.79 Å². The number of amides is 1. The predicted octanol–water partition coefficient (Wildman–Crippen LogP) is 3.21. The lowest BCUT2D eigenvalue weighted by atomic mass is 10.1. The van der Waals surface area contributed by atoms with E-state index in [1.165, 1.54) is 0 Å². The van der Waals surface area contributed by atoms with Crippen LogP contribution in [0.5, 0.6) is 5.75 Å². The average Bonchev–Trinajstić information content (AvgIpc) is 2.89. The lowest BCUT2D eigenvalue weighted by molar-refractivity contribution is -0.124. The highest BCUT2D eigenvalue weighted by Gasteiger charge is 2.20. The Morgan fingerprint density at radius 2 is 2.08 bits per heavy atom. The fourth-order valence-corrected chi connectivity index (χ4v) is 2.54. The van der Waals surface area contributed by atoms with Gasteiger partial charge in [0.15, 0.2) is 6.61 Å². The summed E-state index contributed by atoms with van der Waals surface area (Å²) < 4.78 is 15.8. The van der Waals surface area contributed by atoms with Gasteiger partial charge in [-0.1, -0.05) is 13.3 Å². The van der Waals surface area contributed by atoms with E-state index in [-0.39, 0.29) is 24.3 Å². The van der Waals surface area contributed by atoms with Crippen molar-refractivity contribution < 1.29 is 23.5 Å². The molecule has 0 spiro atoms. The number of rotatable bonds is 7. The van der Waals surface area contributed by atoms with E-state index in [1.54, 1.807) is 32.2 Å². The molecule has 1 unspecified atom stereocenters. The molecule has 0 radical (unpaired) electrons. The average molecular weight is 333 g/mol. The van der Waals surface area contributed by atoms with E-state index in [2.05, 4.69) is 5.32 Å². The zero-order valence-electron chi connectivity index (χ0n) is 14.5. The Kier molecular flexibility index (Phi) is 5.84. The Hall–Kier alpha value is -2.50. The number of esters is 1. The molecule has 1 aromatic heterocycles. The minimum Gasteiger partial charge on any atom is -0.497 e. The topological polar surface area (TPSA) is 77.8 Å². The van der Waals surface area contributed by atoms with Crippen molar-refractivity contribution in [2.24, 2.45) is 0 Å². The van der Waals surface area contributed by atoms with Crippen LogP contribution in [0.3, 0.4) is 0 Å². The molecule has 0 aliphatic carbocycles. The molecule has 6 heteroatoms. The summed E-state index contributed by atoms with van der Waals surface area (Å²) in [7, 11) is 1.57. The molecule has 0 aliphatic rings. The molecule has 6 nitrogen and oxygen atoms in total. The van der Waals surface area contributed by atoms with Crippen LogP contribution >= 0.6 is 0 Å². The van der Waals surface area contributed by atoms with E-state index in [0.29, 0.717) is 16.9 Å². The second kappa shape index (κ2) is 7.86. The van der Waals surface area contributed by atoms with Crippen LogP contribution < -0.4 is 10.1 Å². The maximum absolute atomic E-state index is 12.2. The first-order valence-electron chi connectivity index (χ1n) is 7.99. The van der Waals surface area contributed by atoms with Crippen LogP contribution in [0.2, 0.25) is 0 Å². The molecular weight excluding hydrogens is 310 g/mol. The number of hydrogen-bond acceptors (Lipinski definition) is 5. The number of ether oxygens (including phenoxy) is 2. The van der Waals surface area contributed by atoms with Gasteiger partial charge in [0, 0.05) is 17.0 Å². The number of fused-ring (bicyclic) bond motifs is 1. The number of aryl methyl sites for hydroxylation is 1. The van der Waals surface area contributed by atoms with E-state index >= 15 is 0 Å². The van der Waals surface area contributed by atoms with Crippen molar-refractivity contribution in [3.63, 3.8) is 0 Å². The van der Waals surface area contributed by atoms with Crippen molar-refractivity contribution in [2.75, 3.05) is 13.7 Å². The lowest BCUT2D eigenvalue weighted by Gasteiger charge is -2.12. The molecule has 1 aromatic carbocycles. The van der Waals surface area contributed by atoms with E-state index < -0.39 is 5.97 Å². The number of hydrogen-bond donors (Lipinski definition) is 1. The minimum atomic E-state index is -0.652. The molecule has 2 rings (SSSR count). The van der Waals surface area contributed by atoms with Gasteiger partial charge in [-0.2, -0.15) is 0 Å². The van der Waals surface area contributed by atoms with Crippen molar-refractivity contribution in [2.45, 2.75) is 39.7 Å². The molecule has 1 heterocycles. The predicted molar refractivity (Wildman–Crippen MR) is 90.3 cm³/mol. The van der Waals surface area contributed by atoms with Gasteiger partial charge in [0.05, 0.1) is 7.11 Å². The molecule has 1 N–H and O–H groups in total. The Morgan fingerprint density at radius 1 is 1.33 bits per heavy atom. The Labute approximate surface area is 141 Å². The summed E-state index contributed by atoms with van der Waals surface area (Å²) in [4.78, 5) is 23.9. The summed E-state index contributed by atoms with van der Waals surface area (Å²) in [5.74, 6) is -0.191. The number of benzene rings is 1. The number of nitrogens with one attached hydrogen (secondary N) is 1. The molecule has 1 amide bonds. The first-order chi connectivity index (χ1) is 11.5. The van der Waals surface area contributed by atoms with Gasteiger partial charge in [-0.15, -0.1) is 0 Å². The highest BCUT2D eigenvalue weighted by molar-refractivity contribution is 5.97. The maximum Gasteiger partial charge on any atom is 0.375 e. The molecular formula is C18H23NO5. The highest BCUT2D eigenvalue weighted by Crippen LogP contribution is 2.29. The maximum atomic E-state index is 12.2. The third kappa shape index (κ3) is 4.07. The number of furan rings is 1. The third-order valence-corrected chi connectivity index (χ3v) is 3.79. The first kappa shape index (κ1) is 17.8. The first-order valence-corrected chi connectivity index (χ1v) is 7.99. The smallest absolute Gasteiger partial charge is 0.375 e. The van der Waals surface area contributed by atoms with Crippen molar-refractivity contribution in [1.82, 2.24) is 5.32 Å². The van der Waals surface area contributed by atoms with Gasteiger partial charge < -0.3 is 19.2 Å². The van der Waals surface area contributed by atoms with Crippen LogP contribution in [0.15, 0.2) is 22.6 Å². The van der Waals surface area contributed by atoms with Crippen molar-refractivity contribution in [3.05, 3.63) is 29.5 Å². The third-order valence-electron chi connectivity index (χ3n) is 3.79. The van der Waals surface area contributed by atoms with Gasteiger partial charge in [-0.05, 0) is 38.5 Å². The summed E-state index contributed by atoms with van der Waals surface area (Å²) in [6.45, 7) is 5.40. The molecule has 2 aromatic rings. The molecule has 0 aliphatic heterocycles.